The van der Waals surface area contributed by atoms with E-state index in [1.54, 1.807) is 6.07 Å². The summed E-state index contributed by atoms with van der Waals surface area (Å²) in [7, 11) is 0. The maximum absolute atomic E-state index is 15.4. The van der Waals surface area contributed by atoms with E-state index in [9.17, 15) is 13.2 Å². The predicted octanol–water partition coefficient (Wildman–Crippen LogP) is 8.66. The first-order valence-corrected chi connectivity index (χ1v) is 12.1. The Morgan fingerprint density at radius 3 is 2.33 bits per heavy atom. The average molecular weight is 461 g/mol. The van der Waals surface area contributed by atoms with Gasteiger partial charge in [-0.05, 0) is 98.4 Å². The molecular weight excluding hydrogens is 428 g/mol. The van der Waals surface area contributed by atoms with Crippen molar-refractivity contribution in [3.8, 4) is 16.9 Å². The van der Waals surface area contributed by atoms with Crippen molar-refractivity contribution in [1.29, 1.82) is 0 Å². The molecule has 0 radical (unpaired) electrons. The molecule has 0 spiro atoms. The number of allylic oxidation sites excluding steroid dienone is 2. The fourth-order valence-corrected chi connectivity index (χ4v) is 5.75. The first-order valence-electron chi connectivity index (χ1n) is 12.1. The number of hydrogen-bond donors (Lipinski definition) is 0. The van der Waals surface area contributed by atoms with Gasteiger partial charge in [-0.1, -0.05) is 49.3 Å². The molecule has 2 aliphatic carbocycles. The van der Waals surface area contributed by atoms with Crippen LogP contribution >= 0.6 is 0 Å². The van der Waals surface area contributed by atoms with E-state index < -0.39 is 6.36 Å². The highest BCUT2D eigenvalue weighted by molar-refractivity contribution is 5.67. The van der Waals surface area contributed by atoms with E-state index in [0.717, 1.165) is 42.2 Å². The molecule has 0 bridgehead atoms. The summed E-state index contributed by atoms with van der Waals surface area (Å²) < 4.78 is 56.4. The number of rotatable bonds is 6. The Labute approximate surface area is 193 Å². The first kappa shape index (κ1) is 23.8. The number of halogens is 4. The van der Waals surface area contributed by atoms with Crippen LogP contribution in [-0.2, 0) is 12.8 Å². The van der Waals surface area contributed by atoms with Gasteiger partial charge in [0.05, 0.1) is 0 Å². The number of alkyl halides is 3. The molecule has 1 unspecified atom stereocenters. The largest absolute Gasteiger partial charge is 0.573 e. The smallest absolute Gasteiger partial charge is 0.406 e. The number of fused-ring (bicyclic) bond motifs is 1. The highest BCUT2D eigenvalue weighted by atomic mass is 19.4. The van der Waals surface area contributed by atoms with Crippen molar-refractivity contribution in [2.45, 2.75) is 71.1 Å². The fraction of sp³-hybridized carbons (Fsp3) is 0.500. The molecule has 0 aromatic heterocycles. The van der Waals surface area contributed by atoms with Crippen molar-refractivity contribution in [3.05, 3.63) is 65.5 Å². The molecule has 2 aromatic rings. The van der Waals surface area contributed by atoms with Gasteiger partial charge in [0, 0.05) is 5.56 Å². The Kier molecular flexibility index (Phi) is 7.45. The topological polar surface area (TPSA) is 9.23 Å². The molecule has 0 saturated heterocycles. The standard InChI is InChI=1S/C28H32F4O/c1-2-3-4-5-19-6-8-20(9-7-19)22-12-16-26-23(18-22)13-17-25(27(26)29)21-10-14-24(15-11-21)33-28(30,31)32/h2-3,10-11,13-15,17,19-20,22H,4-9,12,16,18H2,1H3/b3-2+. The molecule has 0 aliphatic heterocycles. The van der Waals surface area contributed by atoms with Crippen LogP contribution in [0.4, 0.5) is 17.6 Å². The van der Waals surface area contributed by atoms with Crippen molar-refractivity contribution >= 4 is 0 Å². The second-order valence-corrected chi connectivity index (χ2v) is 9.57. The molecule has 1 atom stereocenters. The van der Waals surface area contributed by atoms with Crippen molar-refractivity contribution < 1.29 is 22.3 Å². The van der Waals surface area contributed by atoms with Crippen LogP contribution in [0.2, 0.25) is 0 Å². The lowest BCUT2D eigenvalue weighted by molar-refractivity contribution is -0.274. The first-order chi connectivity index (χ1) is 15.8. The van der Waals surface area contributed by atoms with Gasteiger partial charge in [-0.25, -0.2) is 4.39 Å². The van der Waals surface area contributed by atoms with E-state index in [4.69, 9.17) is 0 Å². The van der Waals surface area contributed by atoms with Crippen LogP contribution in [0.1, 0.15) is 63.0 Å². The summed E-state index contributed by atoms with van der Waals surface area (Å²) in [5, 5.41) is 0. The van der Waals surface area contributed by atoms with Crippen molar-refractivity contribution in [2.24, 2.45) is 17.8 Å². The Morgan fingerprint density at radius 2 is 1.67 bits per heavy atom. The normalized spacial score (nSPS) is 23.5. The van der Waals surface area contributed by atoms with Crippen molar-refractivity contribution in [3.63, 3.8) is 0 Å². The predicted molar refractivity (Wildman–Crippen MR) is 124 cm³/mol. The van der Waals surface area contributed by atoms with Gasteiger partial charge in [-0.3, -0.25) is 0 Å². The molecule has 178 valence electrons. The van der Waals surface area contributed by atoms with E-state index >= 15 is 4.39 Å². The van der Waals surface area contributed by atoms with Crippen LogP contribution in [0.5, 0.6) is 5.75 Å². The SMILES string of the molecule is C/C=C/CCC1CCC(C2CCc3c(ccc(-c4ccc(OC(F)(F)F)cc4)c3F)C2)CC1. The fourth-order valence-electron chi connectivity index (χ4n) is 5.75. The summed E-state index contributed by atoms with van der Waals surface area (Å²) in [6, 6.07) is 9.20. The number of benzene rings is 2. The van der Waals surface area contributed by atoms with Crippen LogP contribution in [0.3, 0.4) is 0 Å². The minimum atomic E-state index is -4.74. The lowest BCUT2D eigenvalue weighted by Crippen LogP contribution is -2.27. The lowest BCUT2D eigenvalue weighted by Gasteiger charge is -2.36. The van der Waals surface area contributed by atoms with Gasteiger partial charge in [0.25, 0.3) is 0 Å². The van der Waals surface area contributed by atoms with E-state index in [2.05, 4.69) is 23.8 Å². The number of ether oxygens (including phenoxy) is 1. The molecule has 2 aliphatic rings. The summed E-state index contributed by atoms with van der Waals surface area (Å²) >= 11 is 0. The third-order valence-corrected chi connectivity index (χ3v) is 7.52. The van der Waals surface area contributed by atoms with Crippen molar-refractivity contribution in [2.75, 3.05) is 0 Å². The van der Waals surface area contributed by atoms with Crippen LogP contribution in [-0.4, -0.2) is 6.36 Å². The van der Waals surface area contributed by atoms with Gasteiger partial charge in [0.1, 0.15) is 11.6 Å². The highest BCUT2D eigenvalue weighted by Gasteiger charge is 2.32. The number of hydrogen-bond acceptors (Lipinski definition) is 1. The van der Waals surface area contributed by atoms with E-state index in [1.165, 1.54) is 62.8 Å². The van der Waals surface area contributed by atoms with Crippen molar-refractivity contribution in [1.82, 2.24) is 0 Å². The minimum absolute atomic E-state index is 0.233. The molecule has 1 fully saturated rings. The summed E-state index contributed by atoms with van der Waals surface area (Å²) in [6.45, 7) is 2.08. The van der Waals surface area contributed by atoms with Gasteiger partial charge in [0.2, 0.25) is 0 Å². The highest BCUT2D eigenvalue weighted by Crippen LogP contribution is 2.42. The minimum Gasteiger partial charge on any atom is -0.406 e. The summed E-state index contributed by atoms with van der Waals surface area (Å²) in [6.07, 6.45) is 10.0. The van der Waals surface area contributed by atoms with Crippen LogP contribution in [0, 0.1) is 23.6 Å². The van der Waals surface area contributed by atoms with Gasteiger partial charge < -0.3 is 4.74 Å². The van der Waals surface area contributed by atoms with Gasteiger partial charge in [0.15, 0.2) is 0 Å². The third kappa shape index (κ3) is 5.99. The van der Waals surface area contributed by atoms with E-state index in [0.29, 0.717) is 17.0 Å². The molecule has 0 amide bonds. The molecule has 1 saturated carbocycles. The summed E-state index contributed by atoms with van der Waals surface area (Å²) in [5.41, 5.74) is 2.87. The monoisotopic (exact) mass is 460 g/mol. The summed E-state index contributed by atoms with van der Waals surface area (Å²) in [4.78, 5) is 0. The Balaban J connectivity index is 1.40. The molecule has 0 heterocycles. The molecule has 5 heteroatoms. The molecule has 1 nitrogen and oxygen atoms in total. The zero-order valence-corrected chi connectivity index (χ0v) is 19.1. The lowest BCUT2D eigenvalue weighted by atomic mass is 9.69. The molecule has 4 rings (SSSR count). The third-order valence-electron chi connectivity index (χ3n) is 7.52. The Morgan fingerprint density at radius 1 is 0.939 bits per heavy atom. The maximum Gasteiger partial charge on any atom is 0.573 e. The van der Waals surface area contributed by atoms with Crippen LogP contribution in [0.15, 0.2) is 48.6 Å². The second-order valence-electron chi connectivity index (χ2n) is 9.57. The molecule has 33 heavy (non-hydrogen) atoms. The summed E-state index contributed by atoms with van der Waals surface area (Å²) in [5.74, 6) is 1.67. The van der Waals surface area contributed by atoms with Crippen LogP contribution in [0.25, 0.3) is 11.1 Å². The quantitative estimate of drug-likeness (QED) is 0.310. The zero-order chi connectivity index (χ0) is 23.4. The molecule has 0 N–H and O–H groups in total. The zero-order valence-electron chi connectivity index (χ0n) is 19.1. The van der Waals surface area contributed by atoms with Gasteiger partial charge >= 0.3 is 6.36 Å². The van der Waals surface area contributed by atoms with Crippen LogP contribution < -0.4 is 4.74 Å². The molecule has 2 aromatic carbocycles. The van der Waals surface area contributed by atoms with E-state index in [1.807, 2.05) is 6.07 Å². The maximum atomic E-state index is 15.4. The Bertz CT molecular complexity index is 953. The second kappa shape index (κ2) is 10.3. The Hall–Kier alpha value is -2.30. The van der Waals surface area contributed by atoms with Gasteiger partial charge in [-0.15, -0.1) is 13.2 Å². The molecular formula is C28H32F4O. The average Bonchev–Trinajstić information content (AvgIpc) is 2.79. The van der Waals surface area contributed by atoms with E-state index in [-0.39, 0.29) is 11.6 Å². The van der Waals surface area contributed by atoms with Gasteiger partial charge in [-0.2, -0.15) is 0 Å².